The van der Waals surface area contributed by atoms with Gasteiger partial charge in [-0.15, -0.1) is 0 Å². The van der Waals surface area contributed by atoms with Crippen LogP contribution >= 0.6 is 0 Å². The first-order chi connectivity index (χ1) is 8.94. The van der Waals surface area contributed by atoms with Crippen LogP contribution in [0.5, 0.6) is 0 Å². The van der Waals surface area contributed by atoms with Gasteiger partial charge in [0, 0.05) is 0 Å². The molecule has 0 saturated heterocycles. The van der Waals surface area contributed by atoms with Gasteiger partial charge in [-0.25, -0.2) is 13.2 Å². The molecular formula is C14H18O4S. The molecule has 2 rings (SSSR count). The molecule has 5 heteroatoms. The van der Waals surface area contributed by atoms with Crippen LogP contribution in [0, 0.1) is 5.92 Å². The second-order valence-corrected chi connectivity index (χ2v) is 7.14. The molecule has 1 aliphatic rings. The number of carboxylic acids is 1. The standard InChI is InChI=1S/C14H18O4S/c1-2-11-5-6-12(9-13(11)14(15)16)19(17,18)8-7-10-3-4-10/h5-6,9-10H,2-4,7-8H2,1H3,(H,15,16). The molecule has 0 unspecified atom stereocenters. The van der Waals surface area contributed by atoms with Gasteiger partial charge in [-0.05, 0) is 36.5 Å². The van der Waals surface area contributed by atoms with Crippen molar-refractivity contribution in [1.82, 2.24) is 0 Å². The van der Waals surface area contributed by atoms with Crippen molar-refractivity contribution in [3.8, 4) is 0 Å². The summed E-state index contributed by atoms with van der Waals surface area (Å²) in [7, 11) is -3.36. The maximum absolute atomic E-state index is 12.1. The maximum Gasteiger partial charge on any atom is 0.336 e. The summed E-state index contributed by atoms with van der Waals surface area (Å²) in [6.45, 7) is 1.85. The van der Waals surface area contributed by atoms with Crippen LogP contribution in [-0.4, -0.2) is 25.2 Å². The topological polar surface area (TPSA) is 71.4 Å². The average Bonchev–Trinajstić information content (AvgIpc) is 3.19. The quantitative estimate of drug-likeness (QED) is 0.870. The molecule has 0 amide bonds. The van der Waals surface area contributed by atoms with Crippen LogP contribution in [0.2, 0.25) is 0 Å². The number of rotatable bonds is 6. The van der Waals surface area contributed by atoms with E-state index in [0.29, 0.717) is 24.3 Å². The largest absolute Gasteiger partial charge is 0.478 e. The fraction of sp³-hybridized carbons (Fsp3) is 0.500. The fourth-order valence-corrected chi connectivity index (χ4v) is 3.55. The predicted octanol–water partition coefficient (Wildman–Crippen LogP) is 2.52. The van der Waals surface area contributed by atoms with Crippen molar-refractivity contribution < 1.29 is 18.3 Å². The van der Waals surface area contributed by atoms with E-state index >= 15 is 0 Å². The molecule has 1 aromatic carbocycles. The Balaban J connectivity index is 2.28. The predicted molar refractivity (Wildman–Crippen MR) is 72.2 cm³/mol. The molecule has 0 radical (unpaired) electrons. The summed E-state index contributed by atoms with van der Waals surface area (Å²) in [5, 5.41) is 9.12. The fourth-order valence-electron chi connectivity index (χ4n) is 2.10. The molecule has 4 nitrogen and oxygen atoms in total. The normalized spacial score (nSPS) is 15.4. The molecule has 0 heterocycles. The molecule has 0 aromatic heterocycles. The molecule has 1 aliphatic carbocycles. The van der Waals surface area contributed by atoms with E-state index in [1.54, 1.807) is 6.07 Å². The third-order valence-corrected chi connectivity index (χ3v) is 5.29. The molecule has 0 aliphatic heterocycles. The first kappa shape index (κ1) is 14.1. The Morgan fingerprint density at radius 2 is 2.05 bits per heavy atom. The summed E-state index contributed by atoms with van der Waals surface area (Å²) >= 11 is 0. The van der Waals surface area contributed by atoms with Crippen molar-refractivity contribution in [3.63, 3.8) is 0 Å². The lowest BCUT2D eigenvalue weighted by molar-refractivity contribution is 0.0695. The van der Waals surface area contributed by atoms with Gasteiger partial charge in [-0.2, -0.15) is 0 Å². The van der Waals surface area contributed by atoms with Gasteiger partial charge in [0.2, 0.25) is 0 Å². The average molecular weight is 282 g/mol. The number of hydrogen-bond acceptors (Lipinski definition) is 3. The second kappa shape index (κ2) is 5.33. The lowest BCUT2D eigenvalue weighted by atomic mass is 10.1. The molecule has 0 spiro atoms. The van der Waals surface area contributed by atoms with Crippen molar-refractivity contribution >= 4 is 15.8 Å². The summed E-state index contributed by atoms with van der Waals surface area (Å²) < 4.78 is 24.3. The van der Waals surface area contributed by atoms with Crippen molar-refractivity contribution in [2.75, 3.05) is 5.75 Å². The number of aromatic carboxylic acids is 1. The number of benzene rings is 1. The monoisotopic (exact) mass is 282 g/mol. The Morgan fingerprint density at radius 3 is 2.58 bits per heavy atom. The smallest absolute Gasteiger partial charge is 0.336 e. The van der Waals surface area contributed by atoms with E-state index in [4.69, 9.17) is 5.11 Å². The molecule has 1 saturated carbocycles. The molecule has 19 heavy (non-hydrogen) atoms. The molecule has 1 fully saturated rings. The van der Waals surface area contributed by atoms with Crippen LogP contribution in [0.25, 0.3) is 0 Å². The van der Waals surface area contributed by atoms with Gasteiger partial charge in [-0.3, -0.25) is 0 Å². The summed E-state index contributed by atoms with van der Waals surface area (Å²) in [5.74, 6) is -0.415. The number of aryl methyl sites for hydroxylation is 1. The zero-order valence-corrected chi connectivity index (χ0v) is 11.7. The Hall–Kier alpha value is -1.36. The highest BCUT2D eigenvalue weighted by Gasteiger charge is 2.25. The van der Waals surface area contributed by atoms with Crippen LogP contribution in [0.1, 0.15) is 42.1 Å². The van der Waals surface area contributed by atoms with Crippen molar-refractivity contribution in [2.45, 2.75) is 37.5 Å². The molecular weight excluding hydrogens is 264 g/mol. The lowest BCUT2D eigenvalue weighted by Crippen LogP contribution is -2.10. The van der Waals surface area contributed by atoms with Gasteiger partial charge >= 0.3 is 5.97 Å². The summed E-state index contributed by atoms with van der Waals surface area (Å²) in [6.07, 6.45) is 3.49. The van der Waals surface area contributed by atoms with Gasteiger partial charge in [0.05, 0.1) is 16.2 Å². The van der Waals surface area contributed by atoms with Crippen molar-refractivity contribution in [3.05, 3.63) is 29.3 Å². The van der Waals surface area contributed by atoms with E-state index in [1.165, 1.54) is 12.1 Å². The van der Waals surface area contributed by atoms with E-state index in [1.807, 2.05) is 6.92 Å². The van der Waals surface area contributed by atoms with Crippen LogP contribution in [0.15, 0.2) is 23.1 Å². The number of sulfone groups is 1. The first-order valence-corrected chi connectivity index (χ1v) is 8.18. The maximum atomic E-state index is 12.1. The number of hydrogen-bond donors (Lipinski definition) is 1. The molecule has 1 aromatic rings. The SMILES string of the molecule is CCc1ccc(S(=O)(=O)CCC2CC2)cc1C(=O)O. The minimum absolute atomic E-state index is 0.0926. The molecule has 0 bridgehead atoms. The number of carboxylic acid groups (broad SMARTS) is 1. The van der Waals surface area contributed by atoms with Crippen LogP contribution in [-0.2, 0) is 16.3 Å². The lowest BCUT2D eigenvalue weighted by Gasteiger charge is -2.08. The molecule has 1 N–H and O–H groups in total. The highest BCUT2D eigenvalue weighted by molar-refractivity contribution is 7.91. The van der Waals surface area contributed by atoms with Gasteiger partial charge < -0.3 is 5.11 Å². The molecule has 104 valence electrons. The van der Waals surface area contributed by atoms with E-state index in [9.17, 15) is 13.2 Å². The zero-order valence-electron chi connectivity index (χ0n) is 10.9. The Kier molecular flexibility index (Phi) is 3.94. The molecule has 0 atom stereocenters. The summed E-state index contributed by atoms with van der Waals surface area (Å²) in [5.41, 5.74) is 0.753. The third-order valence-electron chi connectivity index (χ3n) is 3.54. The van der Waals surface area contributed by atoms with Gasteiger partial charge in [0.1, 0.15) is 0 Å². The van der Waals surface area contributed by atoms with Gasteiger partial charge in [0.15, 0.2) is 9.84 Å². The van der Waals surface area contributed by atoms with Crippen molar-refractivity contribution in [2.24, 2.45) is 5.92 Å². The minimum atomic E-state index is -3.36. The van der Waals surface area contributed by atoms with E-state index < -0.39 is 15.8 Å². The van der Waals surface area contributed by atoms with E-state index in [0.717, 1.165) is 12.8 Å². The summed E-state index contributed by atoms with van der Waals surface area (Å²) in [4.78, 5) is 11.3. The highest BCUT2D eigenvalue weighted by Crippen LogP contribution is 2.33. The van der Waals surface area contributed by atoms with Crippen LogP contribution in [0.3, 0.4) is 0 Å². The number of carbonyl (C=O) groups is 1. The van der Waals surface area contributed by atoms with Crippen LogP contribution < -0.4 is 0 Å². The minimum Gasteiger partial charge on any atom is -0.478 e. The zero-order chi connectivity index (χ0) is 14.0. The summed E-state index contributed by atoms with van der Waals surface area (Å²) in [6, 6.07) is 4.42. The Labute approximate surface area is 113 Å². The van der Waals surface area contributed by atoms with Crippen LogP contribution in [0.4, 0.5) is 0 Å². The second-order valence-electron chi connectivity index (χ2n) is 5.03. The van der Waals surface area contributed by atoms with E-state index in [2.05, 4.69) is 0 Å². The Bertz CT molecular complexity index is 585. The highest BCUT2D eigenvalue weighted by atomic mass is 32.2. The third kappa shape index (κ3) is 3.35. The first-order valence-electron chi connectivity index (χ1n) is 6.53. The van der Waals surface area contributed by atoms with Gasteiger partial charge in [-0.1, -0.05) is 25.8 Å². The van der Waals surface area contributed by atoms with Gasteiger partial charge in [0.25, 0.3) is 0 Å². The van der Waals surface area contributed by atoms with E-state index in [-0.39, 0.29) is 16.2 Å². The Morgan fingerprint density at radius 1 is 1.37 bits per heavy atom. The van der Waals surface area contributed by atoms with Crippen molar-refractivity contribution in [1.29, 1.82) is 0 Å².